The lowest BCUT2D eigenvalue weighted by molar-refractivity contribution is 0.284. The van der Waals surface area contributed by atoms with Gasteiger partial charge in [-0.25, -0.2) is 4.68 Å². The molecule has 1 N–H and O–H groups in total. The van der Waals surface area contributed by atoms with Crippen molar-refractivity contribution in [2.45, 2.75) is 46.2 Å². The Morgan fingerprint density at radius 3 is 2.80 bits per heavy atom. The fourth-order valence-corrected chi connectivity index (χ4v) is 2.13. The number of anilines is 1. The molecule has 0 saturated carbocycles. The number of aromatic nitrogens is 2. The maximum absolute atomic E-state index is 12.1. The van der Waals surface area contributed by atoms with Crippen LogP contribution in [0.5, 0.6) is 0 Å². The molecule has 1 rings (SSSR count). The molecule has 0 aliphatic carbocycles. The third-order valence-corrected chi connectivity index (χ3v) is 4.14. The second-order valence-electron chi connectivity index (χ2n) is 5.26. The molecular formula is C14H25BrN4O. The molecule has 20 heavy (non-hydrogen) atoms. The predicted molar refractivity (Wildman–Crippen MR) is 87.4 cm³/mol. The molecule has 0 amide bonds. The van der Waals surface area contributed by atoms with E-state index in [1.54, 1.807) is 6.20 Å². The highest BCUT2D eigenvalue weighted by molar-refractivity contribution is 9.10. The number of nitrogens with zero attached hydrogens (tertiary/aromatic N) is 3. The first-order valence-electron chi connectivity index (χ1n) is 7.17. The molecule has 0 saturated heterocycles. The van der Waals surface area contributed by atoms with Gasteiger partial charge < -0.3 is 10.2 Å². The first-order valence-corrected chi connectivity index (χ1v) is 7.96. The van der Waals surface area contributed by atoms with Crippen LogP contribution in [0.2, 0.25) is 0 Å². The van der Waals surface area contributed by atoms with Gasteiger partial charge in [-0.15, -0.1) is 0 Å². The summed E-state index contributed by atoms with van der Waals surface area (Å²) in [5.41, 5.74) is 0.695. The molecule has 1 heterocycles. The van der Waals surface area contributed by atoms with E-state index in [4.69, 9.17) is 0 Å². The summed E-state index contributed by atoms with van der Waals surface area (Å²) in [5.74, 6) is 0. The fourth-order valence-electron chi connectivity index (χ4n) is 1.68. The third kappa shape index (κ3) is 4.90. The van der Waals surface area contributed by atoms with Crippen LogP contribution in [0, 0.1) is 0 Å². The number of unbranched alkanes of at least 4 members (excludes halogenated alkanes) is 1. The molecule has 1 aromatic rings. The van der Waals surface area contributed by atoms with E-state index in [-0.39, 0.29) is 5.56 Å². The fraction of sp³-hybridized carbons (Fsp3) is 0.714. The van der Waals surface area contributed by atoms with E-state index in [2.05, 4.69) is 59.1 Å². The smallest absolute Gasteiger partial charge is 0.283 e. The second kappa shape index (κ2) is 8.42. The van der Waals surface area contributed by atoms with Crippen LogP contribution in [0.1, 0.15) is 33.6 Å². The topological polar surface area (TPSA) is 50.2 Å². The van der Waals surface area contributed by atoms with Crippen molar-refractivity contribution in [3.05, 3.63) is 21.0 Å². The highest BCUT2D eigenvalue weighted by Gasteiger charge is 2.09. The monoisotopic (exact) mass is 344 g/mol. The Balaban J connectivity index is 2.64. The number of nitrogens with one attached hydrogen (secondary N) is 1. The Morgan fingerprint density at radius 2 is 2.20 bits per heavy atom. The number of hydrogen-bond acceptors (Lipinski definition) is 4. The maximum Gasteiger partial charge on any atom is 0.283 e. The van der Waals surface area contributed by atoms with E-state index in [1.807, 2.05) is 0 Å². The predicted octanol–water partition coefficient (Wildman–Crippen LogP) is 2.56. The van der Waals surface area contributed by atoms with E-state index in [1.165, 1.54) is 4.68 Å². The molecule has 0 atom stereocenters. The zero-order chi connectivity index (χ0) is 15.1. The number of rotatable bonds is 8. The highest BCUT2D eigenvalue weighted by Crippen LogP contribution is 2.15. The average molecular weight is 345 g/mol. The van der Waals surface area contributed by atoms with Crippen molar-refractivity contribution >= 4 is 21.6 Å². The van der Waals surface area contributed by atoms with Crippen LogP contribution in [0.25, 0.3) is 0 Å². The lowest BCUT2D eigenvalue weighted by atomic mass is 10.3. The molecule has 0 spiro atoms. The summed E-state index contributed by atoms with van der Waals surface area (Å²) in [4.78, 5) is 14.4. The largest absolute Gasteiger partial charge is 0.381 e. The van der Waals surface area contributed by atoms with E-state index >= 15 is 0 Å². The molecule has 0 fully saturated rings. The quantitative estimate of drug-likeness (QED) is 0.787. The van der Waals surface area contributed by atoms with Crippen molar-refractivity contribution in [1.82, 2.24) is 14.7 Å². The van der Waals surface area contributed by atoms with Crippen LogP contribution >= 0.6 is 15.9 Å². The maximum atomic E-state index is 12.1. The Labute approximate surface area is 129 Å². The van der Waals surface area contributed by atoms with Crippen LogP contribution in [0.15, 0.2) is 15.5 Å². The Kier molecular flexibility index (Phi) is 7.23. The number of aryl methyl sites for hydroxylation is 1. The summed E-state index contributed by atoms with van der Waals surface area (Å²) in [6, 6.07) is 0.514. The molecule has 6 heteroatoms. The summed E-state index contributed by atoms with van der Waals surface area (Å²) in [6.07, 6.45) is 3.73. The minimum atomic E-state index is -0.0688. The van der Waals surface area contributed by atoms with Crippen LogP contribution in [-0.2, 0) is 6.54 Å². The molecule has 0 aromatic carbocycles. The number of halogens is 1. The van der Waals surface area contributed by atoms with Gasteiger partial charge in [0.2, 0.25) is 0 Å². The van der Waals surface area contributed by atoms with Gasteiger partial charge in [0.1, 0.15) is 4.47 Å². The Morgan fingerprint density at radius 1 is 1.50 bits per heavy atom. The van der Waals surface area contributed by atoms with Gasteiger partial charge in [0.25, 0.3) is 5.56 Å². The summed E-state index contributed by atoms with van der Waals surface area (Å²) >= 11 is 3.37. The summed E-state index contributed by atoms with van der Waals surface area (Å²) in [5, 5.41) is 7.47. The average Bonchev–Trinajstić information content (AvgIpc) is 2.42. The van der Waals surface area contributed by atoms with Gasteiger partial charge in [-0.3, -0.25) is 4.79 Å². The molecule has 0 unspecified atom stereocenters. The van der Waals surface area contributed by atoms with Crippen LogP contribution < -0.4 is 10.9 Å². The molecule has 0 bridgehead atoms. The van der Waals surface area contributed by atoms with Crippen molar-refractivity contribution in [2.75, 3.05) is 25.5 Å². The lowest BCUT2D eigenvalue weighted by Crippen LogP contribution is -2.31. The standard InChI is InChI=1S/C14H25BrN4O/c1-5-6-8-19-14(20)13(15)12(10-17-19)16-7-9-18(4)11(2)3/h10-11,16H,5-9H2,1-4H3. The molecule has 114 valence electrons. The molecule has 0 aliphatic rings. The van der Waals surface area contributed by atoms with Gasteiger partial charge in [-0.1, -0.05) is 13.3 Å². The summed E-state index contributed by atoms with van der Waals surface area (Å²) in [7, 11) is 2.09. The normalized spacial score (nSPS) is 11.3. The van der Waals surface area contributed by atoms with Crippen molar-refractivity contribution in [3.8, 4) is 0 Å². The second-order valence-corrected chi connectivity index (χ2v) is 6.05. The van der Waals surface area contributed by atoms with Crippen molar-refractivity contribution in [2.24, 2.45) is 0 Å². The van der Waals surface area contributed by atoms with Crippen LogP contribution in [0.3, 0.4) is 0 Å². The summed E-state index contributed by atoms with van der Waals surface area (Å²) < 4.78 is 2.08. The van der Waals surface area contributed by atoms with E-state index in [0.29, 0.717) is 17.1 Å². The minimum Gasteiger partial charge on any atom is -0.381 e. The highest BCUT2D eigenvalue weighted by atomic mass is 79.9. The van der Waals surface area contributed by atoms with Crippen molar-refractivity contribution < 1.29 is 0 Å². The van der Waals surface area contributed by atoms with Gasteiger partial charge >= 0.3 is 0 Å². The SMILES string of the molecule is CCCCn1ncc(NCCN(C)C(C)C)c(Br)c1=O. The van der Waals surface area contributed by atoms with Crippen LogP contribution in [-0.4, -0.2) is 40.9 Å². The minimum absolute atomic E-state index is 0.0688. The lowest BCUT2D eigenvalue weighted by Gasteiger charge is -2.21. The van der Waals surface area contributed by atoms with Crippen molar-refractivity contribution in [3.63, 3.8) is 0 Å². The Hall–Kier alpha value is -0.880. The van der Waals surface area contributed by atoms with Crippen molar-refractivity contribution in [1.29, 1.82) is 0 Å². The first kappa shape index (κ1) is 17.2. The van der Waals surface area contributed by atoms with Gasteiger partial charge in [-0.2, -0.15) is 5.10 Å². The number of hydrogen-bond donors (Lipinski definition) is 1. The van der Waals surface area contributed by atoms with Gasteiger partial charge in [0.15, 0.2) is 0 Å². The molecule has 5 nitrogen and oxygen atoms in total. The zero-order valence-corrected chi connectivity index (χ0v) is 14.4. The first-order chi connectivity index (χ1) is 9.47. The van der Waals surface area contributed by atoms with E-state index in [0.717, 1.165) is 31.6 Å². The third-order valence-electron chi connectivity index (χ3n) is 3.37. The number of likely N-dealkylation sites (N-methyl/N-ethyl adjacent to an activating group) is 1. The molecule has 1 aromatic heterocycles. The van der Waals surface area contributed by atoms with Crippen LogP contribution in [0.4, 0.5) is 5.69 Å². The van der Waals surface area contributed by atoms with Gasteiger partial charge in [-0.05, 0) is 43.2 Å². The summed E-state index contributed by atoms with van der Waals surface area (Å²) in [6.45, 7) is 8.79. The molecule has 0 aliphatic heterocycles. The van der Waals surface area contributed by atoms with Gasteiger partial charge in [0.05, 0.1) is 11.9 Å². The molecule has 0 radical (unpaired) electrons. The molecular weight excluding hydrogens is 320 g/mol. The van der Waals surface area contributed by atoms with E-state index < -0.39 is 0 Å². The Bertz CT molecular complexity index is 473. The van der Waals surface area contributed by atoms with E-state index in [9.17, 15) is 4.79 Å². The van der Waals surface area contributed by atoms with Gasteiger partial charge in [0, 0.05) is 25.7 Å². The zero-order valence-electron chi connectivity index (χ0n) is 12.8.